The summed E-state index contributed by atoms with van der Waals surface area (Å²) in [7, 11) is 1.89. The second-order valence-electron chi connectivity index (χ2n) is 10.9. The number of hydrogen-bond acceptors (Lipinski definition) is 2. The third-order valence-corrected chi connectivity index (χ3v) is 8.49. The summed E-state index contributed by atoms with van der Waals surface area (Å²) >= 11 is 0. The Bertz CT molecular complexity index is 2260. The summed E-state index contributed by atoms with van der Waals surface area (Å²) < 4.78 is 4.70. The van der Waals surface area contributed by atoms with Gasteiger partial charge in [-0.3, -0.25) is 0 Å². The van der Waals surface area contributed by atoms with Gasteiger partial charge < -0.3 is 20.2 Å². The molecule has 8 aromatic rings. The largest absolute Gasteiger partial charge is 0.312 e. The van der Waals surface area contributed by atoms with Gasteiger partial charge in [-0.05, 0) is 84.4 Å². The lowest BCUT2D eigenvalue weighted by Gasteiger charge is -2.14. The van der Waals surface area contributed by atoms with Gasteiger partial charge in [-0.1, -0.05) is 78.9 Å². The summed E-state index contributed by atoms with van der Waals surface area (Å²) in [6.07, 6.45) is -0.215. The maximum Gasteiger partial charge on any atom is 0.0808 e. The fourth-order valence-electron chi connectivity index (χ4n) is 6.46. The van der Waals surface area contributed by atoms with E-state index in [-0.39, 0.29) is 6.17 Å². The molecular weight excluding hydrogens is 512 g/mol. The van der Waals surface area contributed by atoms with Gasteiger partial charge >= 0.3 is 0 Å². The third kappa shape index (κ3) is 3.77. The van der Waals surface area contributed by atoms with Crippen molar-refractivity contribution in [1.82, 2.24) is 14.5 Å². The Labute approximate surface area is 244 Å². The molecule has 2 heterocycles. The molecule has 6 aromatic carbocycles. The number of benzene rings is 6. The topological polar surface area (TPSA) is 47.9 Å². The summed E-state index contributed by atoms with van der Waals surface area (Å²) in [4.78, 5) is 0. The van der Waals surface area contributed by atoms with Crippen LogP contribution in [-0.2, 0) is 0 Å². The maximum absolute atomic E-state index is 6.31. The van der Waals surface area contributed by atoms with Crippen molar-refractivity contribution in [3.8, 4) is 22.5 Å². The minimum absolute atomic E-state index is 0.215. The third-order valence-electron chi connectivity index (χ3n) is 8.49. The number of aromatic nitrogens is 2. The Morgan fingerprint density at radius 1 is 0.476 bits per heavy atom. The molecule has 0 saturated heterocycles. The smallest absolute Gasteiger partial charge is 0.0808 e. The van der Waals surface area contributed by atoms with Crippen molar-refractivity contribution >= 4 is 43.6 Å². The zero-order valence-electron chi connectivity index (χ0n) is 23.3. The second kappa shape index (κ2) is 9.74. The zero-order chi connectivity index (χ0) is 28.2. The van der Waals surface area contributed by atoms with E-state index in [4.69, 9.17) is 5.73 Å². The molecule has 42 heavy (non-hydrogen) atoms. The lowest BCUT2D eigenvalue weighted by atomic mass is 10.0. The van der Waals surface area contributed by atoms with Crippen molar-refractivity contribution in [3.05, 3.63) is 145 Å². The first kappa shape index (κ1) is 24.6. The highest BCUT2D eigenvalue weighted by Crippen LogP contribution is 2.38. The maximum atomic E-state index is 6.31. The van der Waals surface area contributed by atoms with Crippen molar-refractivity contribution < 1.29 is 0 Å². The van der Waals surface area contributed by atoms with Crippen LogP contribution in [-0.4, -0.2) is 16.2 Å². The van der Waals surface area contributed by atoms with Crippen molar-refractivity contribution in [2.24, 2.45) is 5.73 Å². The summed E-state index contributed by atoms with van der Waals surface area (Å²) in [6, 6.07) is 50.1. The van der Waals surface area contributed by atoms with Gasteiger partial charge in [0.25, 0.3) is 0 Å². The van der Waals surface area contributed by atoms with Gasteiger partial charge in [0, 0.05) is 32.9 Å². The van der Waals surface area contributed by atoms with E-state index >= 15 is 0 Å². The van der Waals surface area contributed by atoms with Gasteiger partial charge in [-0.25, -0.2) is 0 Å². The Kier molecular flexibility index (Phi) is 5.71. The quantitative estimate of drug-likeness (QED) is 0.214. The minimum Gasteiger partial charge on any atom is -0.312 e. The lowest BCUT2D eigenvalue weighted by Crippen LogP contribution is -2.24. The zero-order valence-corrected chi connectivity index (χ0v) is 23.3. The molecule has 4 heteroatoms. The normalized spacial score (nSPS) is 12.5. The first-order valence-corrected chi connectivity index (χ1v) is 14.4. The van der Waals surface area contributed by atoms with Crippen molar-refractivity contribution in [3.63, 3.8) is 0 Å². The molecule has 0 saturated carbocycles. The highest BCUT2D eigenvalue weighted by Gasteiger charge is 2.16. The predicted octanol–water partition coefficient (Wildman–Crippen LogP) is 8.72. The van der Waals surface area contributed by atoms with Crippen LogP contribution in [0, 0.1) is 0 Å². The van der Waals surface area contributed by atoms with Crippen LogP contribution in [0.25, 0.3) is 66.1 Å². The molecular formula is C38H30N4. The average Bonchev–Trinajstić information content (AvgIpc) is 3.57. The molecule has 1 unspecified atom stereocenters. The standard InChI is InChI=1S/C38H30N4/c1-40-38(39)27-10-9-13-29(22-27)42-35-17-8-6-15-31(35)33-24-26(19-21-37(33)42)25-18-20-36-32(23-25)30-14-5-7-16-34(30)41(36)28-11-3-2-4-12-28/h2-24,38,40H,39H2,1H3. The van der Waals surface area contributed by atoms with Crippen LogP contribution in [0.3, 0.4) is 0 Å². The summed E-state index contributed by atoms with van der Waals surface area (Å²) in [5.74, 6) is 0. The Morgan fingerprint density at radius 3 is 1.57 bits per heavy atom. The number of rotatable bonds is 5. The first-order chi connectivity index (χ1) is 20.7. The molecule has 3 N–H and O–H groups in total. The molecule has 0 radical (unpaired) electrons. The molecule has 0 bridgehead atoms. The van der Waals surface area contributed by atoms with E-state index in [1.807, 2.05) is 7.05 Å². The molecule has 1 atom stereocenters. The molecule has 0 aliphatic carbocycles. The van der Waals surface area contributed by atoms with E-state index in [2.05, 4.69) is 154 Å². The number of fused-ring (bicyclic) bond motifs is 6. The van der Waals surface area contributed by atoms with E-state index in [9.17, 15) is 0 Å². The molecule has 0 aliphatic heterocycles. The number of nitrogens with two attached hydrogens (primary N) is 1. The Morgan fingerprint density at radius 2 is 0.976 bits per heavy atom. The number of nitrogens with zero attached hydrogens (tertiary/aromatic N) is 2. The van der Waals surface area contributed by atoms with Gasteiger partial charge in [0.1, 0.15) is 0 Å². The van der Waals surface area contributed by atoms with Gasteiger partial charge in [0.15, 0.2) is 0 Å². The van der Waals surface area contributed by atoms with E-state index in [1.165, 1.54) is 60.4 Å². The van der Waals surface area contributed by atoms with E-state index in [0.29, 0.717) is 0 Å². The van der Waals surface area contributed by atoms with Crippen molar-refractivity contribution in [1.29, 1.82) is 0 Å². The van der Waals surface area contributed by atoms with Gasteiger partial charge in [-0.2, -0.15) is 0 Å². The van der Waals surface area contributed by atoms with E-state index < -0.39 is 0 Å². The highest BCUT2D eigenvalue weighted by atomic mass is 15.0. The van der Waals surface area contributed by atoms with Crippen LogP contribution in [0.15, 0.2) is 140 Å². The molecule has 0 amide bonds. The fraction of sp³-hybridized carbons (Fsp3) is 0.0526. The van der Waals surface area contributed by atoms with E-state index in [1.54, 1.807) is 0 Å². The van der Waals surface area contributed by atoms with Gasteiger partial charge in [0.2, 0.25) is 0 Å². The van der Waals surface area contributed by atoms with Gasteiger partial charge in [-0.15, -0.1) is 0 Å². The van der Waals surface area contributed by atoms with Crippen LogP contribution in [0.1, 0.15) is 11.7 Å². The van der Waals surface area contributed by atoms with Crippen molar-refractivity contribution in [2.75, 3.05) is 7.05 Å². The monoisotopic (exact) mass is 542 g/mol. The molecule has 0 aliphatic rings. The van der Waals surface area contributed by atoms with Crippen LogP contribution in [0.5, 0.6) is 0 Å². The summed E-state index contributed by atoms with van der Waals surface area (Å²) in [5, 5.41) is 8.14. The van der Waals surface area contributed by atoms with E-state index in [0.717, 1.165) is 11.3 Å². The average molecular weight is 543 g/mol. The Balaban J connectivity index is 1.32. The molecule has 8 rings (SSSR count). The van der Waals surface area contributed by atoms with Crippen LogP contribution in [0.4, 0.5) is 0 Å². The number of nitrogens with one attached hydrogen (secondary N) is 1. The van der Waals surface area contributed by atoms with Crippen molar-refractivity contribution in [2.45, 2.75) is 6.17 Å². The van der Waals surface area contributed by atoms with Gasteiger partial charge in [0.05, 0.1) is 28.2 Å². The SMILES string of the molecule is CNC(N)c1cccc(-n2c3ccccc3c3cc(-c4ccc5c(c4)c4ccccc4n5-c4ccccc4)ccc32)c1. The molecule has 2 aromatic heterocycles. The molecule has 0 spiro atoms. The minimum atomic E-state index is -0.215. The molecule has 0 fully saturated rings. The summed E-state index contributed by atoms with van der Waals surface area (Å²) in [6.45, 7) is 0. The number of para-hydroxylation sites is 3. The fourth-order valence-corrected chi connectivity index (χ4v) is 6.46. The summed E-state index contributed by atoms with van der Waals surface area (Å²) in [5.41, 5.74) is 16.8. The van der Waals surface area contributed by atoms with Crippen LogP contribution < -0.4 is 11.1 Å². The first-order valence-electron chi connectivity index (χ1n) is 14.4. The predicted molar refractivity (Wildman–Crippen MR) is 177 cm³/mol. The molecule has 4 nitrogen and oxygen atoms in total. The lowest BCUT2D eigenvalue weighted by molar-refractivity contribution is 0.622. The molecule has 202 valence electrons. The van der Waals surface area contributed by atoms with Crippen LogP contribution >= 0.6 is 0 Å². The highest BCUT2D eigenvalue weighted by molar-refractivity contribution is 6.12. The van der Waals surface area contributed by atoms with Crippen LogP contribution in [0.2, 0.25) is 0 Å². The Hall–Kier alpha value is -5.16. The number of hydrogen-bond donors (Lipinski definition) is 2. The second-order valence-corrected chi connectivity index (χ2v) is 10.9.